The largest absolute Gasteiger partial charge is 1.00 e. The summed E-state index contributed by atoms with van der Waals surface area (Å²) in [7, 11) is 0. The second-order valence-corrected chi connectivity index (χ2v) is 5.95. The van der Waals surface area contributed by atoms with Crippen molar-refractivity contribution in [1.29, 1.82) is 0 Å². The van der Waals surface area contributed by atoms with Gasteiger partial charge in [-0.15, -0.1) is 0 Å². The maximum atomic E-state index is 12.7. The summed E-state index contributed by atoms with van der Waals surface area (Å²) in [6, 6.07) is 10.0. The molecule has 1 aromatic carbocycles. The topological polar surface area (TPSA) is 0 Å². The molecule has 0 unspecified atom stereocenters. The Morgan fingerprint density at radius 2 is 1.56 bits per heavy atom. The summed E-state index contributed by atoms with van der Waals surface area (Å²) in [6.45, 7) is -4.61. The van der Waals surface area contributed by atoms with Crippen molar-refractivity contribution < 1.29 is 64.3 Å². The minimum Gasteiger partial charge on any atom is -0.449 e. The Kier molecular flexibility index (Phi) is 4.13. The zero-order valence-electron chi connectivity index (χ0n) is 10.6. The van der Waals surface area contributed by atoms with E-state index in [9.17, 15) is 12.9 Å². The third-order valence-electron chi connectivity index (χ3n) is 4.66. The first-order chi connectivity index (χ1) is 7.95. The number of benzene rings is 1. The van der Waals surface area contributed by atoms with Crippen molar-refractivity contribution in [3.8, 4) is 0 Å². The SMILES string of the molecule is F[B-](F)(F)C12CC(CCc3ccccc3)(C1)C2.[K+]. The van der Waals surface area contributed by atoms with Crippen LogP contribution in [0.4, 0.5) is 12.9 Å². The Morgan fingerprint density at radius 1 is 1.00 bits per heavy atom. The van der Waals surface area contributed by atoms with E-state index in [1.807, 2.05) is 18.2 Å². The Bertz CT molecular complexity index is 410. The average Bonchev–Trinajstić information content (AvgIpc) is 2.13. The van der Waals surface area contributed by atoms with Gasteiger partial charge in [-0.25, -0.2) is 0 Å². The summed E-state index contributed by atoms with van der Waals surface area (Å²) in [5.74, 6) is 0. The van der Waals surface area contributed by atoms with Gasteiger partial charge in [-0.05, 0) is 23.8 Å². The molecule has 0 atom stereocenters. The zero-order chi connectivity index (χ0) is 12.1. The number of halogens is 3. The molecular weight excluding hydrogens is 263 g/mol. The molecule has 0 N–H and O–H groups in total. The molecule has 0 radical (unpaired) electrons. The number of aryl methyl sites for hydroxylation is 1. The van der Waals surface area contributed by atoms with E-state index < -0.39 is 12.3 Å². The van der Waals surface area contributed by atoms with Crippen molar-refractivity contribution in [2.75, 3.05) is 0 Å². The molecular formula is C13H15BF3K. The van der Waals surface area contributed by atoms with Gasteiger partial charge in [0, 0.05) is 0 Å². The summed E-state index contributed by atoms with van der Waals surface area (Å²) in [5.41, 5.74) is 1.27. The van der Waals surface area contributed by atoms with Crippen molar-refractivity contribution in [3.63, 3.8) is 0 Å². The second kappa shape index (κ2) is 4.92. The zero-order valence-corrected chi connectivity index (χ0v) is 13.8. The van der Waals surface area contributed by atoms with Crippen LogP contribution in [0.2, 0.25) is 5.31 Å². The molecule has 0 aromatic heterocycles. The number of hydrogen-bond donors (Lipinski definition) is 0. The van der Waals surface area contributed by atoms with Crippen molar-refractivity contribution >= 4 is 6.98 Å². The van der Waals surface area contributed by atoms with Crippen LogP contribution in [0.25, 0.3) is 0 Å². The predicted molar refractivity (Wildman–Crippen MR) is 62.8 cm³/mol. The van der Waals surface area contributed by atoms with E-state index >= 15 is 0 Å². The molecule has 3 fully saturated rings. The van der Waals surface area contributed by atoms with E-state index in [0.717, 1.165) is 12.8 Å². The minimum absolute atomic E-state index is 0. The molecule has 1 aromatic rings. The maximum absolute atomic E-state index is 12.7. The van der Waals surface area contributed by atoms with Gasteiger partial charge in [0.05, 0.1) is 0 Å². The molecule has 3 aliphatic rings. The Balaban J connectivity index is 0.00000120. The molecule has 0 nitrogen and oxygen atoms in total. The van der Waals surface area contributed by atoms with E-state index in [-0.39, 0.29) is 56.8 Å². The van der Waals surface area contributed by atoms with Crippen molar-refractivity contribution in [2.45, 2.75) is 37.4 Å². The minimum atomic E-state index is -4.61. The quantitative estimate of drug-likeness (QED) is 0.730. The standard InChI is InChI=1S/C13H15BF3.K/c15-14(16,17)13-8-12(9-13,10-13)7-6-11-4-2-1-3-5-11;/h1-5H,6-10H2;/q-1;+1. The molecule has 18 heavy (non-hydrogen) atoms. The van der Waals surface area contributed by atoms with Crippen LogP contribution in [0.15, 0.2) is 30.3 Å². The third kappa shape index (κ3) is 2.37. The molecule has 0 amide bonds. The van der Waals surface area contributed by atoms with E-state index in [1.165, 1.54) is 5.56 Å². The number of hydrogen-bond acceptors (Lipinski definition) is 0. The van der Waals surface area contributed by atoms with E-state index in [0.29, 0.717) is 19.3 Å². The molecule has 0 saturated heterocycles. The molecule has 3 saturated carbocycles. The van der Waals surface area contributed by atoms with Crippen LogP contribution >= 0.6 is 0 Å². The van der Waals surface area contributed by atoms with Crippen LogP contribution in [0, 0.1) is 5.41 Å². The summed E-state index contributed by atoms with van der Waals surface area (Å²) in [6.07, 6.45) is 3.04. The molecule has 92 valence electrons. The maximum Gasteiger partial charge on any atom is 1.00 e. The molecule has 0 heterocycles. The molecule has 0 spiro atoms. The molecule has 5 heteroatoms. The van der Waals surface area contributed by atoms with Crippen LogP contribution in [-0.4, -0.2) is 6.98 Å². The van der Waals surface area contributed by atoms with E-state index in [1.54, 1.807) is 0 Å². The van der Waals surface area contributed by atoms with Crippen molar-refractivity contribution in [2.24, 2.45) is 5.41 Å². The summed E-state index contributed by atoms with van der Waals surface area (Å²) < 4.78 is 38.2. The van der Waals surface area contributed by atoms with Gasteiger partial charge >= 0.3 is 58.4 Å². The van der Waals surface area contributed by atoms with Crippen LogP contribution in [0.1, 0.15) is 31.2 Å². The Hall–Kier alpha value is 0.711. The monoisotopic (exact) mass is 278 g/mol. The first-order valence-electron chi connectivity index (χ1n) is 6.18. The predicted octanol–water partition coefficient (Wildman–Crippen LogP) is 1.39. The first kappa shape index (κ1) is 15.1. The van der Waals surface area contributed by atoms with Gasteiger partial charge in [0.15, 0.2) is 0 Å². The number of rotatable bonds is 4. The van der Waals surface area contributed by atoms with Gasteiger partial charge in [-0.3, -0.25) is 0 Å². The Labute approximate surface area is 148 Å². The Morgan fingerprint density at radius 3 is 2.06 bits per heavy atom. The van der Waals surface area contributed by atoms with Crippen LogP contribution < -0.4 is 51.4 Å². The third-order valence-corrected chi connectivity index (χ3v) is 4.66. The van der Waals surface area contributed by atoms with E-state index in [2.05, 4.69) is 12.1 Å². The van der Waals surface area contributed by atoms with Gasteiger partial charge in [-0.1, -0.05) is 54.9 Å². The van der Waals surface area contributed by atoms with Crippen molar-refractivity contribution in [3.05, 3.63) is 35.9 Å². The van der Waals surface area contributed by atoms with Gasteiger partial charge in [-0.2, -0.15) is 0 Å². The normalized spacial score (nSPS) is 33.1. The van der Waals surface area contributed by atoms with Crippen molar-refractivity contribution in [1.82, 2.24) is 0 Å². The van der Waals surface area contributed by atoms with Gasteiger partial charge < -0.3 is 12.9 Å². The summed E-state index contributed by atoms with van der Waals surface area (Å²) in [4.78, 5) is 0. The van der Waals surface area contributed by atoms with Crippen LogP contribution in [-0.2, 0) is 6.42 Å². The summed E-state index contributed by atoms with van der Waals surface area (Å²) >= 11 is 0. The van der Waals surface area contributed by atoms with E-state index in [4.69, 9.17) is 0 Å². The average molecular weight is 278 g/mol. The van der Waals surface area contributed by atoms with Crippen LogP contribution in [0.5, 0.6) is 0 Å². The molecule has 4 rings (SSSR count). The second-order valence-electron chi connectivity index (χ2n) is 5.95. The summed E-state index contributed by atoms with van der Waals surface area (Å²) in [5, 5.41) is -1.23. The van der Waals surface area contributed by atoms with Gasteiger partial charge in [0.25, 0.3) is 0 Å². The fourth-order valence-corrected chi connectivity index (χ4v) is 3.75. The van der Waals surface area contributed by atoms with Crippen LogP contribution in [0.3, 0.4) is 0 Å². The van der Waals surface area contributed by atoms with Gasteiger partial charge in [0.1, 0.15) is 0 Å². The smallest absolute Gasteiger partial charge is 0.449 e. The molecule has 3 aliphatic carbocycles. The fourth-order valence-electron chi connectivity index (χ4n) is 3.75. The fraction of sp³-hybridized carbons (Fsp3) is 0.538. The molecule has 0 aliphatic heterocycles. The molecule has 2 bridgehead atoms. The first-order valence-corrected chi connectivity index (χ1v) is 6.18. The van der Waals surface area contributed by atoms with Gasteiger partial charge in [0.2, 0.25) is 0 Å².